The Labute approximate surface area is 145 Å². The predicted octanol–water partition coefficient (Wildman–Crippen LogP) is -1.18. The van der Waals surface area contributed by atoms with Gasteiger partial charge in [-0.15, -0.1) is 15.0 Å². The molecule has 0 saturated heterocycles. The molecular weight excluding hydrogens is 267 g/mol. The van der Waals surface area contributed by atoms with Crippen LogP contribution in [0.25, 0.3) is 0 Å². The van der Waals surface area contributed by atoms with Crippen molar-refractivity contribution < 1.29 is 14.6 Å². The molecule has 92 valence electrons. The van der Waals surface area contributed by atoms with Crippen molar-refractivity contribution in [3.05, 3.63) is 19.0 Å². The largest absolute Gasteiger partial charge is 0.225 e. The molecule has 10 heteroatoms. The van der Waals surface area contributed by atoms with Crippen LogP contribution in [-0.4, -0.2) is 101 Å². The third-order valence-corrected chi connectivity index (χ3v) is 1.35. The van der Waals surface area contributed by atoms with Crippen molar-refractivity contribution in [2.75, 3.05) is 14.2 Å². The van der Waals surface area contributed by atoms with Crippen molar-refractivity contribution in [2.24, 2.45) is 0 Å². The number of ether oxygens (including phenoxy) is 2. The molecule has 0 unspecified atom stereocenters. The van der Waals surface area contributed by atoms with E-state index >= 15 is 0 Å². The van der Waals surface area contributed by atoms with Gasteiger partial charge in [0.1, 0.15) is 19.0 Å². The van der Waals surface area contributed by atoms with Crippen molar-refractivity contribution >= 4 is 51.4 Å². The minimum absolute atomic E-state index is 0. The molecule has 18 heavy (non-hydrogen) atoms. The van der Waals surface area contributed by atoms with Crippen molar-refractivity contribution in [3.63, 3.8) is 0 Å². The summed E-state index contributed by atoms with van der Waals surface area (Å²) in [7, 11) is 2.77. The Morgan fingerprint density at radius 1 is 0.833 bits per heavy atom. The topological polar surface area (TPSA) is 116 Å². The van der Waals surface area contributed by atoms with Gasteiger partial charge in [-0.25, -0.2) is 15.0 Å². The Balaban J connectivity index is 0.000000352. The van der Waals surface area contributed by atoms with Crippen LogP contribution in [0.15, 0.2) is 19.0 Å². The molecule has 1 N–H and O–H groups in total. The maximum atomic E-state index is 8.83. The smallest absolute Gasteiger partial charge is 0.119 e. The first kappa shape index (κ1) is 17.1. The number of methoxy groups -OCH3 is 2. The molecule has 0 aliphatic carbocycles. The molecule has 0 aliphatic rings. The second-order valence-corrected chi connectivity index (χ2v) is 2.40. The third-order valence-electron chi connectivity index (χ3n) is 1.35. The summed E-state index contributed by atoms with van der Waals surface area (Å²) < 4.78 is 9.27. The molecule has 0 bridgehead atoms. The van der Waals surface area contributed by atoms with E-state index in [0.717, 1.165) is 0 Å². The maximum absolute atomic E-state index is 8.83. The van der Waals surface area contributed by atoms with E-state index in [9.17, 15) is 0 Å². The molecule has 0 amide bonds. The number of hydrogen-bond donors (Lipinski definition) is 1. The predicted molar refractivity (Wildman–Crippen MR) is 61.6 cm³/mol. The zero-order valence-corrected chi connectivity index (χ0v) is 9.18. The SMILES string of the molecule is COc1nc(O)nc(OC)n1.[KH].c1ncncn1. The standard InChI is InChI=1S/C5H7N3O3.C3H3N3.K.H/c1-10-4-6-3(9)7-5(8-4)11-2;1-4-2-6-3-5-1;;/h1-2H3,(H,6,7,8,9);1-3H;;. The molecule has 0 atom stereocenters. The fraction of sp³-hybridized carbons (Fsp3) is 0.250. The van der Waals surface area contributed by atoms with Crippen molar-refractivity contribution in [3.8, 4) is 18.0 Å². The van der Waals surface area contributed by atoms with E-state index in [1.54, 1.807) is 0 Å². The van der Waals surface area contributed by atoms with Gasteiger partial charge in [0.15, 0.2) is 0 Å². The van der Waals surface area contributed by atoms with Crippen LogP contribution in [0.4, 0.5) is 0 Å². The van der Waals surface area contributed by atoms with Gasteiger partial charge in [-0.3, -0.25) is 0 Å². The Morgan fingerprint density at radius 3 is 1.50 bits per heavy atom. The molecule has 2 aromatic heterocycles. The van der Waals surface area contributed by atoms with E-state index in [4.69, 9.17) is 5.11 Å². The fourth-order valence-corrected chi connectivity index (χ4v) is 0.715. The summed E-state index contributed by atoms with van der Waals surface area (Å²) in [6.07, 6.45) is 4.31. The first-order valence-corrected chi connectivity index (χ1v) is 4.34. The number of rotatable bonds is 2. The maximum Gasteiger partial charge on any atom is 0.119 e. The Morgan fingerprint density at radius 2 is 1.22 bits per heavy atom. The fourth-order valence-electron chi connectivity index (χ4n) is 0.715. The summed E-state index contributed by atoms with van der Waals surface area (Å²) in [6.45, 7) is 0. The van der Waals surface area contributed by atoms with Gasteiger partial charge in [0, 0.05) is 0 Å². The molecule has 0 aliphatic heterocycles. The van der Waals surface area contributed by atoms with Gasteiger partial charge in [-0.05, 0) is 0 Å². The van der Waals surface area contributed by atoms with Gasteiger partial charge in [-0.1, -0.05) is 0 Å². The Bertz CT molecular complexity index is 397. The minimum atomic E-state index is -0.422. The summed E-state index contributed by atoms with van der Waals surface area (Å²) in [5.74, 6) is 0. The summed E-state index contributed by atoms with van der Waals surface area (Å²) in [6, 6.07) is -0.377. The molecule has 2 rings (SSSR count). The molecule has 2 heterocycles. The van der Waals surface area contributed by atoms with E-state index in [0.29, 0.717) is 0 Å². The molecule has 0 aromatic carbocycles. The number of hydrogen-bond acceptors (Lipinski definition) is 9. The molecule has 0 fully saturated rings. The summed E-state index contributed by atoms with van der Waals surface area (Å²) in [5.41, 5.74) is 0. The van der Waals surface area contributed by atoms with Gasteiger partial charge in [-0.2, -0.15) is 0 Å². The second kappa shape index (κ2) is 10.0. The van der Waals surface area contributed by atoms with E-state index in [-0.39, 0.29) is 63.4 Å². The average Bonchev–Trinajstić information content (AvgIpc) is 2.40. The zero-order chi connectivity index (χ0) is 12.5. The Kier molecular flexibility index (Phi) is 9.50. The second-order valence-electron chi connectivity index (χ2n) is 2.40. The van der Waals surface area contributed by atoms with Gasteiger partial charge < -0.3 is 14.6 Å². The summed E-state index contributed by atoms with van der Waals surface area (Å²) in [4.78, 5) is 21.2. The van der Waals surface area contributed by atoms with Gasteiger partial charge in [0.25, 0.3) is 0 Å². The molecular formula is C8H11KN6O3. The number of aromatic nitrogens is 6. The first-order chi connectivity index (χ1) is 8.26. The molecule has 0 spiro atoms. The number of nitrogens with zero attached hydrogens (tertiary/aromatic N) is 6. The van der Waals surface area contributed by atoms with Crippen LogP contribution in [0.2, 0.25) is 0 Å². The van der Waals surface area contributed by atoms with E-state index in [1.807, 2.05) is 0 Å². The van der Waals surface area contributed by atoms with E-state index in [2.05, 4.69) is 39.4 Å². The quantitative estimate of drug-likeness (QED) is 0.677. The van der Waals surface area contributed by atoms with Crippen LogP contribution in [0.1, 0.15) is 0 Å². The molecule has 0 saturated carbocycles. The molecule has 9 nitrogen and oxygen atoms in total. The van der Waals surface area contributed by atoms with Crippen LogP contribution in [-0.2, 0) is 0 Å². The third kappa shape index (κ3) is 6.71. The van der Waals surface area contributed by atoms with Gasteiger partial charge in [0.2, 0.25) is 0 Å². The van der Waals surface area contributed by atoms with Crippen molar-refractivity contribution in [1.29, 1.82) is 0 Å². The van der Waals surface area contributed by atoms with E-state index in [1.165, 1.54) is 33.2 Å². The zero-order valence-electron chi connectivity index (χ0n) is 9.18. The van der Waals surface area contributed by atoms with E-state index < -0.39 is 6.01 Å². The monoisotopic (exact) mass is 278 g/mol. The molecule has 2 aromatic rings. The van der Waals surface area contributed by atoms with Crippen LogP contribution in [0.3, 0.4) is 0 Å². The van der Waals surface area contributed by atoms with Gasteiger partial charge >= 0.3 is 69.4 Å². The average molecular weight is 278 g/mol. The minimum Gasteiger partial charge on any atom is -0.225 e. The van der Waals surface area contributed by atoms with Crippen molar-refractivity contribution in [1.82, 2.24) is 29.9 Å². The summed E-state index contributed by atoms with van der Waals surface area (Å²) >= 11 is 0. The van der Waals surface area contributed by atoms with Crippen LogP contribution in [0, 0.1) is 0 Å². The van der Waals surface area contributed by atoms with Gasteiger partial charge in [0.05, 0.1) is 14.2 Å². The van der Waals surface area contributed by atoms with Crippen LogP contribution < -0.4 is 9.47 Å². The summed E-state index contributed by atoms with van der Waals surface area (Å²) in [5, 5.41) is 8.83. The van der Waals surface area contributed by atoms with Crippen molar-refractivity contribution in [2.45, 2.75) is 0 Å². The Hall–Kier alpha value is -0.944. The normalized spacial score (nSPS) is 8.33. The molecule has 0 radical (unpaired) electrons. The van der Waals surface area contributed by atoms with Crippen LogP contribution in [0.5, 0.6) is 18.0 Å². The van der Waals surface area contributed by atoms with Crippen LogP contribution >= 0.6 is 0 Å². The first-order valence-electron chi connectivity index (χ1n) is 4.34. The number of aromatic hydroxyl groups is 1.